The fraction of sp³-hybridized carbons (Fsp3) is 0.250. The third kappa shape index (κ3) is 6.42. The van der Waals surface area contributed by atoms with Crippen molar-refractivity contribution >= 4 is 34.3 Å². The highest BCUT2D eigenvalue weighted by Crippen LogP contribution is 2.18. The van der Waals surface area contributed by atoms with Gasteiger partial charge in [0.1, 0.15) is 23.6 Å². The van der Waals surface area contributed by atoms with E-state index in [1.54, 1.807) is 0 Å². The standard InChI is InChI=1S/C24H25N5O4/c1-15(30)12-20(29-24(33)21-14-25-10-11-26-21)23(32)28-16(2)22(31)27-13-18-8-5-7-17-6-3-4-9-19(17)18/h3-11,14,16,20H,12-13H2,1-2H3,(H,27,31)(H,28,32)(H,29,33)/t16-,20-/m0/s1. The summed E-state index contributed by atoms with van der Waals surface area (Å²) < 4.78 is 0. The number of hydrogen-bond donors (Lipinski definition) is 3. The average Bonchev–Trinajstić information content (AvgIpc) is 2.82. The first-order valence-electron chi connectivity index (χ1n) is 10.5. The monoisotopic (exact) mass is 447 g/mol. The number of benzene rings is 2. The first-order valence-corrected chi connectivity index (χ1v) is 10.5. The first-order chi connectivity index (χ1) is 15.8. The normalized spacial score (nSPS) is 12.4. The smallest absolute Gasteiger partial charge is 0.272 e. The van der Waals surface area contributed by atoms with Gasteiger partial charge in [-0.1, -0.05) is 42.5 Å². The number of nitrogens with zero attached hydrogens (tertiary/aromatic N) is 2. The maximum atomic E-state index is 12.7. The van der Waals surface area contributed by atoms with E-state index in [1.165, 1.54) is 32.4 Å². The van der Waals surface area contributed by atoms with Crippen molar-refractivity contribution in [3.63, 3.8) is 0 Å². The molecule has 2 atom stereocenters. The van der Waals surface area contributed by atoms with Crippen LogP contribution in [-0.4, -0.2) is 45.6 Å². The summed E-state index contributed by atoms with van der Waals surface area (Å²) in [5.41, 5.74) is 0.963. The van der Waals surface area contributed by atoms with Crippen LogP contribution in [0, 0.1) is 0 Å². The molecule has 9 heteroatoms. The molecule has 0 saturated heterocycles. The van der Waals surface area contributed by atoms with Crippen LogP contribution in [-0.2, 0) is 20.9 Å². The van der Waals surface area contributed by atoms with E-state index in [4.69, 9.17) is 0 Å². The number of aromatic nitrogens is 2. The summed E-state index contributed by atoms with van der Waals surface area (Å²) in [7, 11) is 0. The molecule has 0 aliphatic rings. The highest BCUT2D eigenvalue weighted by Gasteiger charge is 2.26. The molecule has 3 rings (SSSR count). The van der Waals surface area contributed by atoms with Crippen LogP contribution >= 0.6 is 0 Å². The zero-order valence-corrected chi connectivity index (χ0v) is 18.4. The van der Waals surface area contributed by atoms with E-state index in [2.05, 4.69) is 25.9 Å². The molecule has 33 heavy (non-hydrogen) atoms. The van der Waals surface area contributed by atoms with Crippen molar-refractivity contribution < 1.29 is 19.2 Å². The van der Waals surface area contributed by atoms with Crippen LogP contribution in [0.15, 0.2) is 61.1 Å². The molecule has 3 aromatic rings. The maximum Gasteiger partial charge on any atom is 0.272 e. The third-order valence-electron chi connectivity index (χ3n) is 4.99. The van der Waals surface area contributed by atoms with Crippen molar-refractivity contribution in [1.82, 2.24) is 25.9 Å². The Morgan fingerprint density at radius 3 is 2.42 bits per heavy atom. The molecule has 0 aliphatic heterocycles. The SMILES string of the molecule is CC(=O)C[C@H](NC(=O)c1cnccn1)C(=O)N[C@@H](C)C(=O)NCc1cccc2ccccc12. The topological polar surface area (TPSA) is 130 Å². The van der Waals surface area contributed by atoms with Crippen molar-refractivity contribution in [2.24, 2.45) is 0 Å². The van der Waals surface area contributed by atoms with Crippen LogP contribution in [0.5, 0.6) is 0 Å². The molecule has 0 radical (unpaired) electrons. The molecular weight excluding hydrogens is 422 g/mol. The minimum absolute atomic E-state index is 0.0136. The molecule has 0 saturated carbocycles. The van der Waals surface area contributed by atoms with E-state index in [-0.39, 0.29) is 17.9 Å². The molecular formula is C24H25N5O4. The Balaban J connectivity index is 1.60. The lowest BCUT2D eigenvalue weighted by atomic mass is 10.0. The molecule has 1 aromatic heterocycles. The second-order valence-corrected chi connectivity index (χ2v) is 7.61. The third-order valence-corrected chi connectivity index (χ3v) is 4.99. The van der Waals surface area contributed by atoms with E-state index in [0.29, 0.717) is 6.54 Å². The Labute approximate surface area is 191 Å². The molecule has 2 aromatic carbocycles. The summed E-state index contributed by atoms with van der Waals surface area (Å²) in [5.74, 6) is -1.96. The van der Waals surface area contributed by atoms with E-state index in [1.807, 2.05) is 42.5 Å². The summed E-state index contributed by atoms with van der Waals surface area (Å²) >= 11 is 0. The van der Waals surface area contributed by atoms with Gasteiger partial charge in [0.15, 0.2) is 0 Å². The van der Waals surface area contributed by atoms with Crippen LogP contribution in [0.2, 0.25) is 0 Å². The number of amides is 3. The van der Waals surface area contributed by atoms with Gasteiger partial charge in [-0.3, -0.25) is 24.2 Å². The van der Waals surface area contributed by atoms with E-state index in [9.17, 15) is 19.2 Å². The van der Waals surface area contributed by atoms with Gasteiger partial charge in [-0.2, -0.15) is 0 Å². The van der Waals surface area contributed by atoms with Crippen molar-refractivity contribution in [2.45, 2.75) is 38.9 Å². The number of hydrogen-bond acceptors (Lipinski definition) is 6. The second kappa shape index (κ2) is 10.9. The van der Waals surface area contributed by atoms with Gasteiger partial charge in [0.05, 0.1) is 6.20 Å². The van der Waals surface area contributed by atoms with Gasteiger partial charge in [-0.05, 0) is 30.2 Å². The lowest BCUT2D eigenvalue weighted by Gasteiger charge is -2.20. The molecule has 0 aliphatic carbocycles. The van der Waals surface area contributed by atoms with Crippen molar-refractivity contribution in [1.29, 1.82) is 0 Å². The zero-order valence-electron chi connectivity index (χ0n) is 18.4. The average molecular weight is 447 g/mol. The van der Waals surface area contributed by atoms with Crippen LogP contribution in [0.25, 0.3) is 10.8 Å². The lowest BCUT2D eigenvalue weighted by Crippen LogP contribution is -2.53. The van der Waals surface area contributed by atoms with Crippen LogP contribution in [0.3, 0.4) is 0 Å². The maximum absolute atomic E-state index is 12.7. The predicted octanol–water partition coefficient (Wildman–Crippen LogP) is 1.53. The number of Topliss-reactive ketones (excluding diaryl/α,β-unsaturated/α-hetero) is 1. The Bertz CT molecular complexity index is 1160. The Morgan fingerprint density at radius 1 is 0.939 bits per heavy atom. The molecule has 0 spiro atoms. The summed E-state index contributed by atoms with van der Waals surface area (Å²) in [6.07, 6.45) is 3.79. The lowest BCUT2D eigenvalue weighted by molar-refractivity contribution is -0.130. The Morgan fingerprint density at radius 2 is 1.70 bits per heavy atom. The van der Waals surface area contributed by atoms with Crippen LogP contribution in [0.1, 0.15) is 36.3 Å². The predicted molar refractivity (Wildman–Crippen MR) is 122 cm³/mol. The summed E-state index contributed by atoms with van der Waals surface area (Å²) in [6.45, 7) is 3.14. The Hall–Kier alpha value is -4.14. The van der Waals surface area contributed by atoms with Crippen LogP contribution < -0.4 is 16.0 Å². The van der Waals surface area contributed by atoms with Gasteiger partial charge >= 0.3 is 0 Å². The molecule has 170 valence electrons. The first kappa shape index (κ1) is 23.5. The number of nitrogens with one attached hydrogen (secondary N) is 3. The number of rotatable bonds is 9. The fourth-order valence-corrected chi connectivity index (χ4v) is 3.31. The van der Waals surface area contributed by atoms with E-state index in [0.717, 1.165) is 16.3 Å². The largest absolute Gasteiger partial charge is 0.350 e. The minimum atomic E-state index is -1.15. The molecule has 3 amide bonds. The van der Waals surface area contributed by atoms with Crippen LogP contribution in [0.4, 0.5) is 0 Å². The Kier molecular flexibility index (Phi) is 7.80. The van der Waals surface area contributed by atoms with E-state index >= 15 is 0 Å². The molecule has 0 fully saturated rings. The van der Waals surface area contributed by atoms with Gasteiger partial charge in [0.2, 0.25) is 11.8 Å². The molecule has 0 bridgehead atoms. The second-order valence-electron chi connectivity index (χ2n) is 7.61. The molecule has 3 N–H and O–H groups in total. The fourth-order valence-electron chi connectivity index (χ4n) is 3.31. The summed E-state index contributed by atoms with van der Waals surface area (Å²) in [5, 5.41) is 9.96. The molecule has 0 unspecified atom stereocenters. The number of ketones is 1. The van der Waals surface area contributed by atoms with Crippen molar-refractivity contribution in [3.8, 4) is 0 Å². The van der Waals surface area contributed by atoms with Gasteiger partial charge in [0.25, 0.3) is 5.91 Å². The summed E-state index contributed by atoms with van der Waals surface area (Å²) in [6, 6.07) is 11.7. The van der Waals surface area contributed by atoms with Gasteiger partial charge in [0, 0.05) is 25.4 Å². The summed E-state index contributed by atoms with van der Waals surface area (Å²) in [4.78, 5) is 57.0. The minimum Gasteiger partial charge on any atom is -0.350 e. The number of carbonyl (C=O) groups excluding carboxylic acids is 4. The van der Waals surface area contributed by atoms with Crippen molar-refractivity contribution in [3.05, 3.63) is 72.3 Å². The molecule has 9 nitrogen and oxygen atoms in total. The quantitative estimate of drug-likeness (QED) is 0.456. The van der Waals surface area contributed by atoms with Gasteiger partial charge in [-0.25, -0.2) is 4.98 Å². The van der Waals surface area contributed by atoms with Gasteiger partial charge in [-0.15, -0.1) is 0 Å². The van der Waals surface area contributed by atoms with E-state index < -0.39 is 29.8 Å². The highest BCUT2D eigenvalue weighted by molar-refractivity contribution is 5.98. The zero-order chi connectivity index (χ0) is 23.8. The molecule has 1 heterocycles. The highest BCUT2D eigenvalue weighted by atomic mass is 16.2. The van der Waals surface area contributed by atoms with Crippen molar-refractivity contribution in [2.75, 3.05) is 0 Å². The number of carbonyl (C=O) groups is 4. The number of fused-ring (bicyclic) bond motifs is 1. The van der Waals surface area contributed by atoms with Gasteiger partial charge < -0.3 is 16.0 Å².